The Morgan fingerprint density at radius 3 is 2.52 bits per heavy atom. The third-order valence-electron chi connectivity index (χ3n) is 3.58. The fourth-order valence-corrected chi connectivity index (χ4v) is 2.24. The van der Waals surface area contributed by atoms with Gasteiger partial charge in [0, 0.05) is 12.2 Å². The highest BCUT2D eigenvalue weighted by Gasteiger charge is 2.04. The molecular weight excluding hydrogens is 260 g/mol. The molecule has 0 heterocycles. The first-order chi connectivity index (χ1) is 10.1. The van der Waals surface area contributed by atoms with Crippen LogP contribution in [0.4, 0.5) is 10.5 Å². The molecular formula is C18H22N2O. The van der Waals surface area contributed by atoms with Gasteiger partial charge in [0.2, 0.25) is 0 Å². The summed E-state index contributed by atoms with van der Waals surface area (Å²) in [6, 6.07) is 14.1. The summed E-state index contributed by atoms with van der Waals surface area (Å²) < 4.78 is 0. The van der Waals surface area contributed by atoms with E-state index in [1.54, 1.807) is 0 Å². The van der Waals surface area contributed by atoms with E-state index in [1.165, 1.54) is 11.1 Å². The molecule has 0 aromatic heterocycles. The molecule has 0 bridgehead atoms. The number of benzene rings is 2. The summed E-state index contributed by atoms with van der Waals surface area (Å²) >= 11 is 0. The van der Waals surface area contributed by atoms with Gasteiger partial charge < -0.3 is 10.6 Å². The van der Waals surface area contributed by atoms with Crippen LogP contribution in [0.1, 0.15) is 22.3 Å². The monoisotopic (exact) mass is 282 g/mol. The molecule has 0 saturated carbocycles. The van der Waals surface area contributed by atoms with Crippen LogP contribution in [0.3, 0.4) is 0 Å². The van der Waals surface area contributed by atoms with E-state index < -0.39 is 0 Å². The first kappa shape index (κ1) is 15.1. The van der Waals surface area contributed by atoms with Gasteiger partial charge in [-0.1, -0.05) is 36.4 Å². The van der Waals surface area contributed by atoms with Crippen molar-refractivity contribution in [2.75, 3.05) is 11.9 Å². The smallest absolute Gasteiger partial charge is 0.319 e. The number of carbonyl (C=O) groups is 1. The molecule has 2 aromatic carbocycles. The minimum atomic E-state index is -0.155. The zero-order valence-electron chi connectivity index (χ0n) is 12.9. The molecule has 0 atom stereocenters. The van der Waals surface area contributed by atoms with E-state index in [9.17, 15) is 4.79 Å². The molecule has 2 rings (SSSR count). The predicted octanol–water partition coefficient (Wildman–Crippen LogP) is 3.98. The van der Waals surface area contributed by atoms with Crippen LogP contribution in [-0.2, 0) is 6.42 Å². The number of carbonyl (C=O) groups excluding carboxylic acids is 1. The predicted molar refractivity (Wildman–Crippen MR) is 87.8 cm³/mol. The van der Waals surface area contributed by atoms with Crippen LogP contribution in [0, 0.1) is 20.8 Å². The van der Waals surface area contributed by atoms with Gasteiger partial charge in [-0.2, -0.15) is 0 Å². The highest BCUT2D eigenvalue weighted by molar-refractivity contribution is 5.90. The van der Waals surface area contributed by atoms with Crippen molar-refractivity contribution < 1.29 is 4.79 Å². The molecule has 0 aliphatic heterocycles. The number of hydrogen-bond donors (Lipinski definition) is 2. The largest absolute Gasteiger partial charge is 0.338 e. The van der Waals surface area contributed by atoms with E-state index in [0.717, 1.165) is 23.2 Å². The van der Waals surface area contributed by atoms with Gasteiger partial charge in [0.15, 0.2) is 0 Å². The average molecular weight is 282 g/mol. The van der Waals surface area contributed by atoms with Crippen LogP contribution in [-0.4, -0.2) is 12.6 Å². The second-order valence-corrected chi connectivity index (χ2v) is 5.38. The van der Waals surface area contributed by atoms with Crippen LogP contribution in [0.2, 0.25) is 0 Å². The zero-order chi connectivity index (χ0) is 15.2. The highest BCUT2D eigenvalue weighted by Crippen LogP contribution is 2.16. The van der Waals surface area contributed by atoms with Crippen molar-refractivity contribution in [1.29, 1.82) is 0 Å². The lowest BCUT2D eigenvalue weighted by molar-refractivity contribution is 0.252. The molecule has 0 aliphatic carbocycles. The van der Waals surface area contributed by atoms with Crippen molar-refractivity contribution in [1.82, 2.24) is 5.32 Å². The first-order valence-electron chi connectivity index (χ1n) is 7.23. The molecule has 0 unspecified atom stereocenters. The third kappa shape index (κ3) is 4.35. The SMILES string of the molecule is Cc1ccc(C)c(NC(=O)NCCc2ccccc2C)c1. The van der Waals surface area contributed by atoms with Gasteiger partial charge in [-0.15, -0.1) is 0 Å². The standard InChI is InChI=1S/C18H22N2O/c1-13-8-9-15(3)17(12-13)20-18(21)19-11-10-16-7-5-4-6-14(16)2/h4-9,12H,10-11H2,1-3H3,(H2,19,20,21). The first-order valence-corrected chi connectivity index (χ1v) is 7.23. The Morgan fingerprint density at radius 2 is 1.76 bits per heavy atom. The quantitative estimate of drug-likeness (QED) is 0.875. The maximum absolute atomic E-state index is 11.9. The summed E-state index contributed by atoms with van der Waals surface area (Å²) in [5, 5.41) is 5.81. The normalized spacial score (nSPS) is 10.2. The molecule has 3 nitrogen and oxygen atoms in total. The fourth-order valence-electron chi connectivity index (χ4n) is 2.24. The van der Waals surface area contributed by atoms with Gasteiger partial charge in [-0.3, -0.25) is 0 Å². The van der Waals surface area contributed by atoms with Crippen molar-refractivity contribution >= 4 is 11.7 Å². The van der Waals surface area contributed by atoms with Gasteiger partial charge >= 0.3 is 6.03 Å². The molecule has 2 amide bonds. The van der Waals surface area contributed by atoms with E-state index in [4.69, 9.17) is 0 Å². The maximum atomic E-state index is 11.9. The number of nitrogens with one attached hydrogen (secondary N) is 2. The van der Waals surface area contributed by atoms with Gasteiger partial charge in [-0.25, -0.2) is 4.79 Å². The fraction of sp³-hybridized carbons (Fsp3) is 0.278. The topological polar surface area (TPSA) is 41.1 Å². The Balaban J connectivity index is 1.85. The Hall–Kier alpha value is -2.29. The Kier molecular flexibility index (Phi) is 4.99. The molecule has 0 aliphatic rings. The molecule has 0 fully saturated rings. The summed E-state index contributed by atoms with van der Waals surface area (Å²) in [5.74, 6) is 0. The number of urea groups is 1. The van der Waals surface area contributed by atoms with Crippen molar-refractivity contribution in [3.8, 4) is 0 Å². The van der Waals surface area contributed by atoms with Crippen molar-refractivity contribution in [2.24, 2.45) is 0 Å². The van der Waals surface area contributed by atoms with Crippen LogP contribution in [0.15, 0.2) is 42.5 Å². The van der Waals surface area contributed by atoms with Crippen LogP contribution in [0.5, 0.6) is 0 Å². The molecule has 3 heteroatoms. The second-order valence-electron chi connectivity index (χ2n) is 5.38. The third-order valence-corrected chi connectivity index (χ3v) is 3.58. The van der Waals surface area contributed by atoms with Crippen molar-refractivity contribution in [3.63, 3.8) is 0 Å². The number of rotatable bonds is 4. The second kappa shape index (κ2) is 6.93. The maximum Gasteiger partial charge on any atom is 0.319 e. The van der Waals surface area contributed by atoms with E-state index in [0.29, 0.717) is 6.54 Å². The molecule has 0 saturated heterocycles. The van der Waals surface area contributed by atoms with Crippen molar-refractivity contribution in [2.45, 2.75) is 27.2 Å². The lowest BCUT2D eigenvalue weighted by Crippen LogP contribution is -2.30. The number of anilines is 1. The van der Waals surface area contributed by atoms with Gasteiger partial charge in [0.25, 0.3) is 0 Å². The highest BCUT2D eigenvalue weighted by atomic mass is 16.2. The van der Waals surface area contributed by atoms with E-state index in [1.807, 2.05) is 44.2 Å². The van der Waals surface area contributed by atoms with Gasteiger partial charge in [0.05, 0.1) is 0 Å². The van der Waals surface area contributed by atoms with E-state index >= 15 is 0 Å². The summed E-state index contributed by atoms with van der Waals surface area (Å²) in [5.41, 5.74) is 5.59. The Bertz CT molecular complexity index is 635. The van der Waals surface area contributed by atoms with Crippen LogP contribution >= 0.6 is 0 Å². The summed E-state index contributed by atoms with van der Waals surface area (Å²) in [7, 11) is 0. The van der Waals surface area contributed by atoms with E-state index in [2.05, 4.69) is 29.7 Å². The number of amides is 2. The molecule has 110 valence electrons. The molecule has 2 aromatic rings. The van der Waals surface area contributed by atoms with Gasteiger partial charge in [-0.05, 0) is 55.5 Å². The van der Waals surface area contributed by atoms with Crippen LogP contribution in [0.25, 0.3) is 0 Å². The molecule has 0 radical (unpaired) electrons. The average Bonchev–Trinajstić information content (AvgIpc) is 2.45. The molecule has 0 spiro atoms. The van der Waals surface area contributed by atoms with Crippen molar-refractivity contribution in [3.05, 3.63) is 64.7 Å². The van der Waals surface area contributed by atoms with Gasteiger partial charge in [0.1, 0.15) is 0 Å². The zero-order valence-corrected chi connectivity index (χ0v) is 12.9. The Labute approximate surface area is 126 Å². The number of hydrogen-bond acceptors (Lipinski definition) is 1. The number of aryl methyl sites for hydroxylation is 3. The molecule has 2 N–H and O–H groups in total. The lowest BCUT2D eigenvalue weighted by Gasteiger charge is -2.11. The minimum Gasteiger partial charge on any atom is -0.338 e. The summed E-state index contributed by atoms with van der Waals surface area (Å²) in [4.78, 5) is 11.9. The summed E-state index contributed by atoms with van der Waals surface area (Å²) in [6.45, 7) is 6.72. The Morgan fingerprint density at radius 1 is 1.00 bits per heavy atom. The lowest BCUT2D eigenvalue weighted by atomic mass is 10.1. The molecule has 21 heavy (non-hydrogen) atoms. The summed E-state index contributed by atoms with van der Waals surface area (Å²) in [6.07, 6.45) is 0.840. The van der Waals surface area contributed by atoms with E-state index in [-0.39, 0.29) is 6.03 Å². The van der Waals surface area contributed by atoms with Crippen LogP contribution < -0.4 is 10.6 Å². The minimum absolute atomic E-state index is 0.155.